The van der Waals surface area contributed by atoms with E-state index in [9.17, 15) is 8.42 Å². The van der Waals surface area contributed by atoms with Gasteiger partial charge in [-0.1, -0.05) is 19.9 Å². The first kappa shape index (κ1) is 16.6. The molecule has 0 aliphatic heterocycles. The summed E-state index contributed by atoms with van der Waals surface area (Å²) in [6.07, 6.45) is 2.95. The van der Waals surface area contributed by atoms with E-state index in [0.717, 1.165) is 24.2 Å². The molecule has 0 radical (unpaired) electrons. The second-order valence-electron chi connectivity index (χ2n) is 6.46. The van der Waals surface area contributed by atoms with E-state index in [1.807, 2.05) is 24.3 Å². The minimum absolute atomic E-state index is 0.0994. The summed E-state index contributed by atoms with van der Waals surface area (Å²) in [5.74, 6) is 0.679. The summed E-state index contributed by atoms with van der Waals surface area (Å²) < 4.78 is 27.1. The fourth-order valence-electron chi connectivity index (χ4n) is 2.72. The average molecular weight is 329 g/mol. The number of anilines is 1. The molecule has 118 valence electrons. The van der Waals surface area contributed by atoms with Crippen molar-refractivity contribution in [2.24, 2.45) is 5.41 Å². The molecule has 4 nitrogen and oxygen atoms in total. The fourth-order valence-corrected chi connectivity index (χ4v) is 5.39. The third kappa shape index (κ3) is 5.52. The van der Waals surface area contributed by atoms with Gasteiger partial charge in [-0.15, -0.1) is 11.8 Å². The van der Waals surface area contributed by atoms with Crippen molar-refractivity contribution in [2.45, 2.75) is 44.0 Å². The van der Waals surface area contributed by atoms with Crippen LogP contribution in [0.3, 0.4) is 0 Å². The number of sulfonamides is 1. The molecule has 0 saturated heterocycles. The zero-order chi connectivity index (χ0) is 15.5. The Morgan fingerprint density at radius 2 is 2.19 bits per heavy atom. The Labute approximate surface area is 131 Å². The molecule has 2 rings (SSSR count). The highest BCUT2D eigenvalue weighted by atomic mass is 32.2. The predicted octanol–water partition coefficient (Wildman–Crippen LogP) is 2.86. The molecule has 1 aliphatic rings. The second kappa shape index (κ2) is 6.58. The summed E-state index contributed by atoms with van der Waals surface area (Å²) in [7, 11) is -3.20. The lowest BCUT2D eigenvalue weighted by molar-refractivity contribution is 0.372. The summed E-state index contributed by atoms with van der Waals surface area (Å²) in [5, 5.41) is 0. The summed E-state index contributed by atoms with van der Waals surface area (Å²) in [6.45, 7) is 4.38. The van der Waals surface area contributed by atoms with Crippen molar-refractivity contribution in [1.29, 1.82) is 0 Å². The van der Waals surface area contributed by atoms with Crippen molar-refractivity contribution >= 4 is 27.5 Å². The summed E-state index contributed by atoms with van der Waals surface area (Å²) >= 11 is 1.52. The second-order valence-corrected chi connectivity index (χ2v) is 9.50. The zero-order valence-corrected chi connectivity index (χ0v) is 14.3. The van der Waals surface area contributed by atoms with E-state index in [2.05, 4.69) is 18.6 Å². The molecule has 1 atom stereocenters. The van der Waals surface area contributed by atoms with Crippen molar-refractivity contribution in [2.75, 3.05) is 17.2 Å². The topological polar surface area (TPSA) is 72.2 Å². The molecular weight excluding hydrogens is 304 g/mol. The Balaban J connectivity index is 1.79. The van der Waals surface area contributed by atoms with Crippen LogP contribution in [0, 0.1) is 5.41 Å². The van der Waals surface area contributed by atoms with Crippen molar-refractivity contribution in [3.8, 4) is 0 Å². The summed E-state index contributed by atoms with van der Waals surface area (Å²) in [4.78, 5) is 1.01. The van der Waals surface area contributed by atoms with Crippen LogP contribution < -0.4 is 10.5 Å². The maximum absolute atomic E-state index is 12.1. The van der Waals surface area contributed by atoms with Gasteiger partial charge in [0.1, 0.15) is 0 Å². The third-order valence-electron chi connectivity index (χ3n) is 3.79. The van der Waals surface area contributed by atoms with E-state index in [1.54, 1.807) is 0 Å². The highest BCUT2D eigenvalue weighted by Crippen LogP contribution is 2.37. The lowest BCUT2D eigenvalue weighted by atomic mass is 9.92. The molecule has 0 spiro atoms. The largest absolute Gasteiger partial charge is 0.399 e. The molecular formula is C15H24N2O2S2. The molecule has 21 heavy (non-hydrogen) atoms. The molecule has 0 heterocycles. The van der Waals surface area contributed by atoms with Gasteiger partial charge in [-0.2, -0.15) is 0 Å². The normalized spacial score (nSPS) is 21.5. The van der Waals surface area contributed by atoms with Gasteiger partial charge < -0.3 is 5.73 Å². The van der Waals surface area contributed by atoms with Gasteiger partial charge in [-0.05, 0) is 42.9 Å². The van der Waals surface area contributed by atoms with Gasteiger partial charge in [0.15, 0.2) is 0 Å². The zero-order valence-electron chi connectivity index (χ0n) is 12.6. The van der Waals surface area contributed by atoms with Gasteiger partial charge in [-0.25, -0.2) is 13.1 Å². The van der Waals surface area contributed by atoms with Gasteiger partial charge in [0.2, 0.25) is 10.0 Å². The SMILES string of the molecule is CC1(C)CCC(NS(=O)(=O)CCSc2cccc(N)c2)C1. The summed E-state index contributed by atoms with van der Waals surface area (Å²) in [6, 6.07) is 7.61. The Hall–Kier alpha value is -0.720. The first-order valence-corrected chi connectivity index (χ1v) is 9.88. The summed E-state index contributed by atoms with van der Waals surface area (Å²) in [5.41, 5.74) is 6.66. The van der Waals surface area contributed by atoms with Crippen LogP contribution in [0.25, 0.3) is 0 Å². The van der Waals surface area contributed by atoms with Crippen LogP contribution in [0.4, 0.5) is 5.69 Å². The Morgan fingerprint density at radius 3 is 2.81 bits per heavy atom. The average Bonchev–Trinajstić information content (AvgIpc) is 2.67. The van der Waals surface area contributed by atoms with Gasteiger partial charge in [0.05, 0.1) is 5.75 Å². The number of nitrogens with two attached hydrogens (primary N) is 1. The van der Waals surface area contributed by atoms with E-state index in [1.165, 1.54) is 11.8 Å². The smallest absolute Gasteiger partial charge is 0.212 e. The molecule has 1 aromatic rings. The molecule has 3 N–H and O–H groups in total. The van der Waals surface area contributed by atoms with Crippen molar-refractivity contribution < 1.29 is 8.42 Å². The van der Waals surface area contributed by atoms with E-state index >= 15 is 0 Å². The minimum Gasteiger partial charge on any atom is -0.399 e. The van der Waals surface area contributed by atoms with Gasteiger partial charge in [0.25, 0.3) is 0 Å². The van der Waals surface area contributed by atoms with Crippen LogP contribution in [0.5, 0.6) is 0 Å². The Morgan fingerprint density at radius 1 is 1.43 bits per heavy atom. The van der Waals surface area contributed by atoms with Gasteiger partial charge >= 0.3 is 0 Å². The molecule has 6 heteroatoms. The van der Waals surface area contributed by atoms with Crippen LogP contribution in [-0.4, -0.2) is 26.0 Å². The number of nitrogens with one attached hydrogen (secondary N) is 1. The number of hydrogen-bond acceptors (Lipinski definition) is 4. The van der Waals surface area contributed by atoms with Crippen LogP contribution in [0.1, 0.15) is 33.1 Å². The molecule has 1 aromatic carbocycles. The number of nitrogen functional groups attached to an aromatic ring is 1. The molecule has 0 bridgehead atoms. The van der Waals surface area contributed by atoms with Crippen LogP contribution in [0.2, 0.25) is 0 Å². The molecule has 1 aliphatic carbocycles. The van der Waals surface area contributed by atoms with E-state index in [0.29, 0.717) is 11.4 Å². The standard InChI is InChI=1S/C15H24N2O2S2/c1-15(2)7-6-13(11-15)17-21(18,19)9-8-20-14-5-3-4-12(16)10-14/h3-5,10,13,17H,6-9,11,16H2,1-2H3. The maximum atomic E-state index is 12.1. The minimum atomic E-state index is -3.20. The molecule has 1 saturated carbocycles. The quantitative estimate of drug-likeness (QED) is 0.622. The van der Waals surface area contributed by atoms with Gasteiger partial charge in [-0.3, -0.25) is 0 Å². The number of rotatable bonds is 6. The van der Waals surface area contributed by atoms with Crippen LogP contribution in [-0.2, 0) is 10.0 Å². The van der Waals surface area contributed by atoms with Crippen molar-refractivity contribution in [1.82, 2.24) is 4.72 Å². The van der Waals surface area contributed by atoms with E-state index in [4.69, 9.17) is 5.73 Å². The first-order valence-electron chi connectivity index (χ1n) is 7.24. The third-order valence-corrected chi connectivity index (χ3v) is 6.48. The molecule has 0 aromatic heterocycles. The predicted molar refractivity (Wildman–Crippen MR) is 89.9 cm³/mol. The molecule has 1 fully saturated rings. The van der Waals surface area contributed by atoms with Crippen molar-refractivity contribution in [3.05, 3.63) is 24.3 Å². The monoisotopic (exact) mass is 328 g/mol. The highest BCUT2D eigenvalue weighted by molar-refractivity contribution is 8.00. The molecule has 0 amide bonds. The number of thioether (sulfide) groups is 1. The van der Waals surface area contributed by atoms with Crippen LogP contribution >= 0.6 is 11.8 Å². The Kier molecular flexibility index (Phi) is 5.22. The van der Waals surface area contributed by atoms with Gasteiger partial charge in [0, 0.05) is 22.4 Å². The van der Waals surface area contributed by atoms with Crippen molar-refractivity contribution in [3.63, 3.8) is 0 Å². The lowest BCUT2D eigenvalue weighted by Crippen LogP contribution is -2.35. The number of hydrogen-bond donors (Lipinski definition) is 2. The number of benzene rings is 1. The highest BCUT2D eigenvalue weighted by Gasteiger charge is 2.32. The fraction of sp³-hybridized carbons (Fsp3) is 0.600. The maximum Gasteiger partial charge on any atom is 0.212 e. The van der Waals surface area contributed by atoms with E-state index < -0.39 is 10.0 Å². The van der Waals surface area contributed by atoms with E-state index in [-0.39, 0.29) is 17.2 Å². The molecule has 1 unspecified atom stereocenters. The lowest BCUT2D eigenvalue weighted by Gasteiger charge is -2.17. The first-order chi connectivity index (χ1) is 9.76. The van der Waals surface area contributed by atoms with Crippen LogP contribution in [0.15, 0.2) is 29.2 Å². The Bertz CT molecular complexity index is 585.